The second-order valence-corrected chi connectivity index (χ2v) is 4.85. The van der Waals surface area contributed by atoms with E-state index in [-0.39, 0.29) is 26.7 Å². The number of hydrogen-bond acceptors (Lipinski definition) is 1. The lowest BCUT2D eigenvalue weighted by molar-refractivity contribution is 0.103. The van der Waals surface area contributed by atoms with Crippen LogP contribution in [0, 0.1) is 18.6 Å². The van der Waals surface area contributed by atoms with Gasteiger partial charge in [0.05, 0.1) is 15.6 Å². The zero-order valence-electron chi connectivity index (χ0n) is 9.81. The summed E-state index contributed by atoms with van der Waals surface area (Å²) in [6.45, 7) is 1.42. The summed E-state index contributed by atoms with van der Waals surface area (Å²) in [5, 5.41) is 0.467. The minimum atomic E-state index is -0.769. The van der Waals surface area contributed by atoms with Crippen LogP contribution in [0.4, 0.5) is 8.78 Å². The Labute approximate surface area is 118 Å². The van der Waals surface area contributed by atoms with E-state index in [1.165, 1.54) is 25.1 Å². The molecule has 0 spiro atoms. The summed E-state index contributed by atoms with van der Waals surface area (Å²) in [4.78, 5) is 12.1. The first-order valence-corrected chi connectivity index (χ1v) is 6.11. The van der Waals surface area contributed by atoms with Crippen molar-refractivity contribution in [1.82, 2.24) is 0 Å². The Balaban J connectivity index is 2.49. The van der Waals surface area contributed by atoms with Crippen LogP contribution in [0.15, 0.2) is 30.3 Å². The molecular formula is C14H8Cl2F2O. The smallest absolute Gasteiger partial charge is 0.196 e. The third kappa shape index (κ3) is 2.77. The van der Waals surface area contributed by atoms with Crippen LogP contribution in [0.25, 0.3) is 0 Å². The molecule has 0 heterocycles. The molecule has 0 fully saturated rings. The van der Waals surface area contributed by atoms with Crippen molar-refractivity contribution in [3.63, 3.8) is 0 Å². The van der Waals surface area contributed by atoms with Crippen LogP contribution in [-0.4, -0.2) is 5.78 Å². The second kappa shape index (κ2) is 5.27. The van der Waals surface area contributed by atoms with Crippen molar-refractivity contribution in [2.24, 2.45) is 0 Å². The Kier molecular flexibility index (Phi) is 3.88. The fourth-order valence-electron chi connectivity index (χ4n) is 1.61. The second-order valence-electron chi connectivity index (χ2n) is 4.04. The molecule has 1 nitrogen and oxygen atoms in total. The molecule has 0 atom stereocenters. The summed E-state index contributed by atoms with van der Waals surface area (Å²) in [6, 6.07) is 6.03. The highest BCUT2D eigenvalue weighted by Crippen LogP contribution is 2.25. The first-order valence-electron chi connectivity index (χ1n) is 5.35. The number of ketones is 1. The van der Waals surface area contributed by atoms with Crippen molar-refractivity contribution in [3.8, 4) is 0 Å². The lowest BCUT2D eigenvalue weighted by Crippen LogP contribution is -2.06. The number of carbonyl (C=O) groups excluding carboxylic acids is 1. The Morgan fingerprint density at radius 1 is 1.00 bits per heavy atom. The third-order valence-electron chi connectivity index (χ3n) is 2.67. The van der Waals surface area contributed by atoms with Crippen molar-refractivity contribution < 1.29 is 13.6 Å². The van der Waals surface area contributed by atoms with Gasteiger partial charge in [-0.05, 0) is 42.8 Å². The molecule has 0 radical (unpaired) electrons. The van der Waals surface area contributed by atoms with Crippen LogP contribution in [0.3, 0.4) is 0 Å². The zero-order valence-corrected chi connectivity index (χ0v) is 11.3. The quantitative estimate of drug-likeness (QED) is 0.727. The predicted molar refractivity (Wildman–Crippen MR) is 71.0 cm³/mol. The molecule has 0 amide bonds. The van der Waals surface area contributed by atoms with Gasteiger partial charge in [0.2, 0.25) is 0 Å². The summed E-state index contributed by atoms with van der Waals surface area (Å²) in [6.07, 6.45) is 0. The van der Waals surface area contributed by atoms with Crippen molar-refractivity contribution >= 4 is 29.0 Å². The van der Waals surface area contributed by atoms with Crippen molar-refractivity contribution in [1.29, 1.82) is 0 Å². The van der Waals surface area contributed by atoms with Gasteiger partial charge < -0.3 is 0 Å². The molecule has 0 saturated carbocycles. The van der Waals surface area contributed by atoms with E-state index in [0.29, 0.717) is 0 Å². The fraction of sp³-hybridized carbons (Fsp3) is 0.0714. The van der Waals surface area contributed by atoms with Crippen molar-refractivity contribution in [2.45, 2.75) is 6.92 Å². The summed E-state index contributed by atoms with van der Waals surface area (Å²) in [5.74, 6) is -2.05. The van der Waals surface area contributed by atoms with Crippen molar-refractivity contribution in [2.75, 3.05) is 0 Å². The molecule has 19 heavy (non-hydrogen) atoms. The number of benzene rings is 2. The average molecular weight is 301 g/mol. The van der Waals surface area contributed by atoms with Gasteiger partial charge in [-0.2, -0.15) is 0 Å². The highest BCUT2D eigenvalue weighted by Gasteiger charge is 2.17. The normalized spacial score (nSPS) is 10.6. The van der Waals surface area contributed by atoms with E-state index in [1.807, 2.05) is 0 Å². The molecule has 5 heteroatoms. The van der Waals surface area contributed by atoms with Gasteiger partial charge >= 0.3 is 0 Å². The Bertz CT molecular complexity index is 669. The van der Waals surface area contributed by atoms with E-state index in [4.69, 9.17) is 23.2 Å². The lowest BCUT2D eigenvalue weighted by Gasteiger charge is -2.06. The maximum atomic E-state index is 13.7. The van der Waals surface area contributed by atoms with E-state index in [1.54, 1.807) is 0 Å². The standard InChI is InChI=1S/C14H8Cl2F2O/c1-7-4-13(18)9(6-12(7)17)14(19)8-2-3-10(15)11(16)5-8/h2-6H,1H3. The van der Waals surface area contributed by atoms with E-state index >= 15 is 0 Å². The highest BCUT2D eigenvalue weighted by molar-refractivity contribution is 6.42. The largest absolute Gasteiger partial charge is 0.288 e. The molecule has 2 aromatic rings. The molecule has 2 rings (SSSR count). The molecular weight excluding hydrogens is 293 g/mol. The van der Waals surface area contributed by atoms with Crippen LogP contribution in [0.1, 0.15) is 21.5 Å². The first kappa shape index (κ1) is 14.0. The fourth-order valence-corrected chi connectivity index (χ4v) is 1.91. The minimum Gasteiger partial charge on any atom is -0.288 e. The maximum absolute atomic E-state index is 13.7. The SMILES string of the molecule is Cc1cc(F)c(C(=O)c2ccc(Cl)c(Cl)c2)cc1F. The summed E-state index contributed by atoms with van der Waals surface area (Å²) in [5.41, 5.74) is -0.0405. The summed E-state index contributed by atoms with van der Waals surface area (Å²) < 4.78 is 27.1. The van der Waals surface area contributed by atoms with E-state index in [9.17, 15) is 13.6 Å². The average Bonchev–Trinajstić information content (AvgIpc) is 2.36. The number of carbonyl (C=O) groups is 1. The van der Waals surface area contributed by atoms with E-state index in [2.05, 4.69) is 0 Å². The molecule has 0 aliphatic carbocycles. The van der Waals surface area contributed by atoms with Gasteiger partial charge in [0.25, 0.3) is 0 Å². The number of aryl methyl sites for hydroxylation is 1. The van der Waals surface area contributed by atoms with Gasteiger partial charge in [0, 0.05) is 5.56 Å². The van der Waals surface area contributed by atoms with Crippen LogP contribution in [0.5, 0.6) is 0 Å². The zero-order chi connectivity index (χ0) is 14.2. The number of halogens is 4. The van der Waals surface area contributed by atoms with Gasteiger partial charge in [-0.1, -0.05) is 23.2 Å². The predicted octanol–water partition coefficient (Wildman–Crippen LogP) is 4.81. The van der Waals surface area contributed by atoms with Crippen LogP contribution in [-0.2, 0) is 0 Å². The summed E-state index contributed by atoms with van der Waals surface area (Å²) >= 11 is 11.5. The van der Waals surface area contributed by atoms with E-state index < -0.39 is 17.4 Å². The van der Waals surface area contributed by atoms with Crippen LogP contribution in [0.2, 0.25) is 10.0 Å². The Hall–Kier alpha value is -1.45. The molecule has 98 valence electrons. The Morgan fingerprint density at radius 2 is 1.68 bits per heavy atom. The van der Waals surface area contributed by atoms with Gasteiger partial charge in [-0.25, -0.2) is 8.78 Å². The van der Waals surface area contributed by atoms with Gasteiger partial charge in [-0.3, -0.25) is 4.79 Å². The monoisotopic (exact) mass is 300 g/mol. The minimum absolute atomic E-state index is 0.142. The molecule has 0 aliphatic heterocycles. The molecule has 0 aliphatic rings. The summed E-state index contributed by atoms with van der Waals surface area (Å²) in [7, 11) is 0. The van der Waals surface area contributed by atoms with E-state index in [0.717, 1.165) is 12.1 Å². The molecule has 0 aromatic heterocycles. The Morgan fingerprint density at radius 3 is 2.32 bits per heavy atom. The number of hydrogen-bond donors (Lipinski definition) is 0. The molecule has 0 N–H and O–H groups in total. The van der Waals surface area contributed by atoms with Gasteiger partial charge in [0.15, 0.2) is 5.78 Å². The maximum Gasteiger partial charge on any atom is 0.196 e. The molecule has 0 unspecified atom stereocenters. The van der Waals surface area contributed by atoms with Crippen molar-refractivity contribution in [3.05, 3.63) is 68.7 Å². The third-order valence-corrected chi connectivity index (χ3v) is 3.41. The topological polar surface area (TPSA) is 17.1 Å². The molecule has 0 saturated heterocycles. The van der Waals surface area contributed by atoms with Gasteiger partial charge in [0.1, 0.15) is 11.6 Å². The number of rotatable bonds is 2. The van der Waals surface area contributed by atoms with Crippen LogP contribution >= 0.6 is 23.2 Å². The van der Waals surface area contributed by atoms with Gasteiger partial charge in [-0.15, -0.1) is 0 Å². The van der Waals surface area contributed by atoms with Crippen LogP contribution < -0.4 is 0 Å². The first-order chi connectivity index (χ1) is 8.90. The lowest BCUT2D eigenvalue weighted by atomic mass is 10.0. The molecule has 2 aromatic carbocycles. The highest BCUT2D eigenvalue weighted by atomic mass is 35.5. The molecule has 0 bridgehead atoms.